The van der Waals surface area contributed by atoms with Crippen LogP contribution in [0.3, 0.4) is 0 Å². The number of amides is 1. The molecule has 1 aromatic carbocycles. The molecule has 2 aromatic rings. The van der Waals surface area contributed by atoms with Crippen molar-refractivity contribution in [3.63, 3.8) is 0 Å². The number of rotatable bonds is 7. The summed E-state index contributed by atoms with van der Waals surface area (Å²) in [4.78, 5) is 16.5. The van der Waals surface area contributed by atoms with Crippen LogP contribution in [-0.2, 0) is 4.79 Å². The number of aliphatic hydroxyl groups excluding tert-OH is 1. The molecule has 1 aliphatic carbocycles. The lowest BCUT2D eigenvalue weighted by Gasteiger charge is -2.17. The van der Waals surface area contributed by atoms with Gasteiger partial charge in [0.2, 0.25) is 11.8 Å². The van der Waals surface area contributed by atoms with E-state index in [4.69, 9.17) is 8.85 Å². The molecule has 6 heteroatoms. The van der Waals surface area contributed by atoms with Gasteiger partial charge in [0.05, 0.1) is 19.3 Å². The second-order valence-corrected chi connectivity index (χ2v) is 5.97. The maximum atomic E-state index is 13.3. The number of nitrogens with zero attached hydrogens (tertiary/aromatic N) is 1. The van der Waals surface area contributed by atoms with Crippen molar-refractivity contribution in [3.8, 4) is 5.88 Å². The molecule has 132 valence electrons. The fourth-order valence-electron chi connectivity index (χ4n) is 2.86. The standard InChI is InChI=1S/C19H21FN2O3/c1-2-25-18-7-6-13(10-21-18)17(11-23)22-19(24)16-9-15(16)12-4-3-5-14(20)8-12/h3-8,10,15-17,23H,2,9,11H2,1H3,(H,22,24)/t15-,16+,17-/m1/s1/i1D3. The minimum absolute atomic E-state index is 0.0242. The molecule has 0 aliphatic heterocycles. The van der Waals surface area contributed by atoms with E-state index in [-0.39, 0.29) is 36.0 Å². The first-order valence-electron chi connectivity index (χ1n) is 9.52. The van der Waals surface area contributed by atoms with Crippen molar-refractivity contribution in [2.24, 2.45) is 5.92 Å². The Hall–Kier alpha value is -2.47. The Labute approximate surface area is 150 Å². The molecule has 0 spiro atoms. The Morgan fingerprint density at radius 1 is 1.52 bits per heavy atom. The van der Waals surface area contributed by atoms with Gasteiger partial charge >= 0.3 is 0 Å². The normalized spacial score (nSPS) is 22.2. The van der Waals surface area contributed by atoms with E-state index in [1.807, 2.05) is 0 Å². The summed E-state index contributed by atoms with van der Waals surface area (Å²) in [5, 5.41) is 12.4. The van der Waals surface area contributed by atoms with Crippen LogP contribution >= 0.6 is 0 Å². The number of halogens is 1. The number of aliphatic hydroxyl groups is 1. The molecule has 0 bridgehead atoms. The average Bonchev–Trinajstić information content (AvgIpc) is 3.45. The molecule has 25 heavy (non-hydrogen) atoms. The van der Waals surface area contributed by atoms with Crippen LogP contribution in [0.2, 0.25) is 0 Å². The number of ether oxygens (including phenoxy) is 1. The van der Waals surface area contributed by atoms with E-state index in [0.717, 1.165) is 5.56 Å². The molecule has 1 aromatic heterocycles. The van der Waals surface area contributed by atoms with Gasteiger partial charge in [0, 0.05) is 22.3 Å². The lowest BCUT2D eigenvalue weighted by atomic mass is 10.1. The fraction of sp³-hybridized carbons (Fsp3) is 0.368. The van der Waals surface area contributed by atoms with Crippen molar-refractivity contribution in [3.05, 3.63) is 59.5 Å². The zero-order valence-corrected chi connectivity index (χ0v) is 13.5. The fourth-order valence-corrected chi connectivity index (χ4v) is 2.86. The van der Waals surface area contributed by atoms with Crippen LogP contribution in [0.1, 0.15) is 40.5 Å². The number of hydrogen-bond acceptors (Lipinski definition) is 4. The minimum Gasteiger partial charge on any atom is -0.478 e. The zero-order chi connectivity index (χ0) is 20.3. The number of aromatic nitrogens is 1. The van der Waals surface area contributed by atoms with Gasteiger partial charge in [-0.1, -0.05) is 12.1 Å². The molecule has 5 nitrogen and oxygen atoms in total. The number of carbonyl (C=O) groups excluding carboxylic acids is 1. The van der Waals surface area contributed by atoms with Gasteiger partial charge in [-0.25, -0.2) is 9.37 Å². The van der Waals surface area contributed by atoms with Gasteiger partial charge in [-0.05, 0) is 48.5 Å². The molecule has 1 saturated carbocycles. The van der Waals surface area contributed by atoms with E-state index in [0.29, 0.717) is 12.0 Å². The minimum atomic E-state index is -2.22. The Bertz CT molecular complexity index is 830. The van der Waals surface area contributed by atoms with E-state index in [9.17, 15) is 14.3 Å². The largest absolute Gasteiger partial charge is 0.478 e. The highest BCUT2D eigenvalue weighted by Crippen LogP contribution is 2.47. The predicted octanol–water partition coefficient (Wildman–Crippen LogP) is 2.57. The van der Waals surface area contributed by atoms with Crippen molar-refractivity contribution >= 4 is 5.91 Å². The van der Waals surface area contributed by atoms with Crippen molar-refractivity contribution in [2.45, 2.75) is 25.2 Å². The van der Waals surface area contributed by atoms with Crippen molar-refractivity contribution in [2.75, 3.05) is 13.2 Å². The molecule has 0 radical (unpaired) electrons. The number of benzene rings is 1. The first-order chi connectivity index (χ1) is 13.3. The van der Waals surface area contributed by atoms with Gasteiger partial charge < -0.3 is 15.2 Å². The molecule has 2 N–H and O–H groups in total. The van der Waals surface area contributed by atoms with Gasteiger partial charge in [0.15, 0.2) is 0 Å². The van der Waals surface area contributed by atoms with Crippen LogP contribution in [0.15, 0.2) is 42.6 Å². The molecule has 1 heterocycles. The van der Waals surface area contributed by atoms with Crippen molar-refractivity contribution in [1.29, 1.82) is 0 Å². The summed E-state index contributed by atoms with van der Waals surface area (Å²) in [5.41, 5.74) is 1.36. The summed E-state index contributed by atoms with van der Waals surface area (Å²) in [6.45, 7) is -2.99. The molecule has 1 amide bonds. The number of carbonyl (C=O) groups is 1. The molecule has 3 atom stereocenters. The van der Waals surface area contributed by atoms with Crippen molar-refractivity contribution in [1.82, 2.24) is 10.3 Å². The van der Waals surface area contributed by atoms with Gasteiger partial charge in [-0.3, -0.25) is 4.79 Å². The van der Waals surface area contributed by atoms with Gasteiger partial charge in [0.1, 0.15) is 5.82 Å². The third-order valence-electron chi connectivity index (χ3n) is 4.28. The van der Waals surface area contributed by atoms with E-state index < -0.39 is 19.5 Å². The Morgan fingerprint density at radius 2 is 2.40 bits per heavy atom. The van der Waals surface area contributed by atoms with E-state index >= 15 is 0 Å². The zero-order valence-electron chi connectivity index (χ0n) is 16.5. The average molecular weight is 347 g/mol. The third-order valence-corrected chi connectivity index (χ3v) is 4.28. The topological polar surface area (TPSA) is 71.5 Å². The van der Waals surface area contributed by atoms with Crippen LogP contribution in [-0.4, -0.2) is 29.2 Å². The molecule has 0 unspecified atom stereocenters. The van der Waals surface area contributed by atoms with Crippen molar-refractivity contribution < 1.29 is 23.1 Å². The Morgan fingerprint density at radius 3 is 3.08 bits per heavy atom. The van der Waals surface area contributed by atoms with Crippen LogP contribution in [0, 0.1) is 11.7 Å². The Kier molecular flexibility index (Phi) is 4.19. The maximum Gasteiger partial charge on any atom is 0.224 e. The van der Waals surface area contributed by atoms with E-state index in [1.165, 1.54) is 24.4 Å². The molecule has 0 saturated heterocycles. The highest BCUT2D eigenvalue weighted by molar-refractivity contribution is 5.83. The predicted molar refractivity (Wildman–Crippen MR) is 90.6 cm³/mol. The van der Waals surface area contributed by atoms with Gasteiger partial charge in [0.25, 0.3) is 0 Å². The summed E-state index contributed by atoms with van der Waals surface area (Å²) < 4.78 is 39.8. The smallest absolute Gasteiger partial charge is 0.224 e. The summed E-state index contributed by atoms with van der Waals surface area (Å²) >= 11 is 0. The lowest BCUT2D eigenvalue weighted by molar-refractivity contribution is -0.123. The van der Waals surface area contributed by atoms with Gasteiger partial charge in [-0.15, -0.1) is 0 Å². The number of hydrogen-bond donors (Lipinski definition) is 2. The number of nitrogens with one attached hydrogen (secondary N) is 1. The maximum absolute atomic E-state index is 13.3. The highest BCUT2D eigenvalue weighted by atomic mass is 19.1. The highest BCUT2D eigenvalue weighted by Gasteiger charge is 2.44. The first kappa shape index (κ1) is 13.8. The second-order valence-electron chi connectivity index (χ2n) is 5.97. The van der Waals surface area contributed by atoms with E-state index in [2.05, 4.69) is 10.3 Å². The number of pyridine rings is 1. The summed E-state index contributed by atoms with van der Waals surface area (Å²) in [7, 11) is 0. The SMILES string of the molecule is [2H]C([2H])([2H])COc1ccc([C@@H](CO)NC(=O)[C@H]2C[C@@H]2c2cccc(F)c2)cn1. The third kappa shape index (κ3) is 4.14. The second kappa shape index (κ2) is 7.61. The van der Waals surface area contributed by atoms with Crippen LogP contribution < -0.4 is 10.1 Å². The van der Waals surface area contributed by atoms with Crippen LogP contribution in [0.25, 0.3) is 0 Å². The summed E-state index contributed by atoms with van der Waals surface area (Å²) in [6, 6.07) is 8.67. The van der Waals surface area contributed by atoms with E-state index in [1.54, 1.807) is 18.2 Å². The quantitative estimate of drug-likeness (QED) is 0.807. The molecule has 1 fully saturated rings. The summed E-state index contributed by atoms with van der Waals surface area (Å²) in [5.74, 6) is -0.675. The van der Waals surface area contributed by atoms with Crippen LogP contribution in [0.5, 0.6) is 5.88 Å². The van der Waals surface area contributed by atoms with Crippen LogP contribution in [0.4, 0.5) is 4.39 Å². The molecule has 1 aliphatic rings. The molecule has 3 rings (SSSR count). The molecular formula is C19H21FN2O3. The molecular weight excluding hydrogens is 323 g/mol. The van der Waals surface area contributed by atoms with Gasteiger partial charge in [-0.2, -0.15) is 0 Å². The summed E-state index contributed by atoms with van der Waals surface area (Å²) in [6.07, 6.45) is 2.06. The Balaban J connectivity index is 1.57. The monoisotopic (exact) mass is 347 g/mol. The first-order valence-corrected chi connectivity index (χ1v) is 8.02. The lowest BCUT2D eigenvalue weighted by Crippen LogP contribution is -2.32.